The van der Waals surface area contributed by atoms with Crippen molar-refractivity contribution in [3.8, 4) is 0 Å². The third-order valence-corrected chi connectivity index (χ3v) is 12.1. The molecule has 0 spiro atoms. The minimum atomic E-state index is -2.38. The number of hydrogen-bond donors (Lipinski definition) is 0. The molecule has 0 fully saturated rings. The van der Waals surface area contributed by atoms with Crippen LogP contribution in [0.2, 0.25) is 0 Å². The predicted octanol–water partition coefficient (Wildman–Crippen LogP) is 7.76. The van der Waals surface area contributed by atoms with Gasteiger partial charge in [-0.15, -0.1) is 0 Å². The average molecular weight is 506 g/mol. The fourth-order valence-corrected chi connectivity index (χ4v) is 10.3. The lowest BCUT2D eigenvalue weighted by Crippen LogP contribution is -2.36. The van der Waals surface area contributed by atoms with Gasteiger partial charge in [-0.25, -0.2) is 0 Å². The van der Waals surface area contributed by atoms with E-state index in [1.165, 1.54) is 48.2 Å². The first kappa shape index (κ1) is 22.8. The summed E-state index contributed by atoms with van der Waals surface area (Å²) in [6, 6.07) is 51.3. The summed E-state index contributed by atoms with van der Waals surface area (Å²) in [4.78, 5) is 14.1. The van der Waals surface area contributed by atoms with Crippen molar-refractivity contribution in [1.29, 1.82) is 0 Å². The molecule has 0 aliphatic heterocycles. The summed E-state index contributed by atoms with van der Waals surface area (Å²) in [7, 11) is -2.38. The second-order valence-corrected chi connectivity index (χ2v) is 13.3. The molecule has 7 aromatic rings. The number of carbonyl (C=O) groups excluding carboxylic acids is 1. The Kier molecular flexibility index (Phi) is 5.54. The summed E-state index contributed by atoms with van der Waals surface area (Å²) in [6.45, 7) is 0. The van der Waals surface area contributed by atoms with Gasteiger partial charge in [0.1, 0.15) is 29.3 Å². The number of benzene rings is 7. The Balaban J connectivity index is 1.60. The molecule has 1 nitrogen and oxygen atoms in total. The molecule has 7 rings (SSSR count). The fourth-order valence-electron chi connectivity index (χ4n) is 6.04. The number of Topliss-reactive ketones (excluding diaryl/α,β-unsaturated/α-hetero) is 1. The van der Waals surface area contributed by atoms with Crippen LogP contribution in [0.4, 0.5) is 0 Å². The number of rotatable bonds is 6. The molecule has 0 saturated heterocycles. The topological polar surface area (TPSA) is 17.1 Å². The third-order valence-electron chi connectivity index (χ3n) is 7.79. The van der Waals surface area contributed by atoms with E-state index in [1.807, 2.05) is 30.3 Å². The normalized spacial score (nSPS) is 11.9. The number of hydrogen-bond acceptors (Lipinski definition) is 1. The lowest BCUT2D eigenvalue weighted by Gasteiger charge is -2.29. The van der Waals surface area contributed by atoms with E-state index >= 15 is 0 Å². The molecule has 38 heavy (non-hydrogen) atoms. The largest absolute Gasteiger partial charge is 0.290 e. The van der Waals surface area contributed by atoms with Crippen LogP contribution >= 0.6 is 7.26 Å². The van der Waals surface area contributed by atoms with Crippen molar-refractivity contribution in [3.05, 3.63) is 151 Å². The van der Waals surface area contributed by atoms with E-state index in [1.54, 1.807) is 0 Å². The van der Waals surface area contributed by atoms with Gasteiger partial charge < -0.3 is 0 Å². The first-order valence-corrected chi connectivity index (χ1v) is 15.0. The van der Waals surface area contributed by atoms with Gasteiger partial charge in [0.2, 0.25) is 5.78 Å². The van der Waals surface area contributed by atoms with Crippen LogP contribution in [0.15, 0.2) is 146 Å². The van der Waals surface area contributed by atoms with Crippen LogP contribution in [0.5, 0.6) is 0 Å². The summed E-state index contributed by atoms with van der Waals surface area (Å²) in [6.07, 6.45) is 0.439. The van der Waals surface area contributed by atoms with Crippen molar-refractivity contribution in [3.63, 3.8) is 0 Å². The minimum absolute atomic E-state index is 0.178. The molecule has 0 aliphatic rings. The second kappa shape index (κ2) is 9.21. The molecule has 0 radical (unpaired) electrons. The summed E-state index contributed by atoms with van der Waals surface area (Å²) >= 11 is 0. The van der Waals surface area contributed by atoms with Crippen LogP contribution in [-0.4, -0.2) is 11.9 Å². The van der Waals surface area contributed by atoms with Crippen molar-refractivity contribution >= 4 is 61.3 Å². The maximum Gasteiger partial charge on any atom is 0.201 e. The molecule has 0 atom stereocenters. The summed E-state index contributed by atoms with van der Waals surface area (Å²) in [5.41, 5.74) is 0.765. The maximum atomic E-state index is 14.1. The predicted molar refractivity (Wildman–Crippen MR) is 164 cm³/mol. The number of carbonyl (C=O) groups is 1. The van der Waals surface area contributed by atoms with Crippen LogP contribution in [0.25, 0.3) is 32.3 Å². The summed E-state index contributed by atoms with van der Waals surface area (Å²) in [5, 5.41) is 11.3. The van der Waals surface area contributed by atoms with Crippen molar-refractivity contribution < 1.29 is 4.79 Å². The SMILES string of the molecule is O=C(C[P+](c1ccccc1)(c1ccccc1)c1ccc2ccc3cccc4ccc1c2c34)c1ccccc1. The number of ketones is 1. The van der Waals surface area contributed by atoms with Crippen molar-refractivity contribution in [2.24, 2.45) is 0 Å². The summed E-state index contributed by atoms with van der Waals surface area (Å²) in [5.74, 6) is 0.178. The smallest absolute Gasteiger partial charge is 0.201 e. The first-order chi connectivity index (χ1) is 18.8. The van der Waals surface area contributed by atoms with Crippen molar-refractivity contribution in [2.45, 2.75) is 0 Å². The highest BCUT2D eigenvalue weighted by atomic mass is 31.2. The maximum absolute atomic E-state index is 14.1. The monoisotopic (exact) mass is 505 g/mol. The summed E-state index contributed by atoms with van der Waals surface area (Å²) < 4.78 is 0. The van der Waals surface area contributed by atoms with E-state index in [0.717, 1.165) is 5.56 Å². The Morgan fingerprint density at radius 1 is 0.474 bits per heavy atom. The highest BCUT2D eigenvalue weighted by molar-refractivity contribution is 7.96. The molecule has 0 heterocycles. The fraction of sp³-hybridized carbons (Fsp3) is 0.0278. The van der Waals surface area contributed by atoms with Gasteiger partial charge in [0.15, 0.2) is 0 Å². The lowest BCUT2D eigenvalue weighted by atomic mass is 9.94. The van der Waals surface area contributed by atoms with Crippen LogP contribution in [0, 0.1) is 0 Å². The zero-order valence-electron chi connectivity index (χ0n) is 20.9. The molecular weight excluding hydrogens is 479 g/mol. The van der Waals surface area contributed by atoms with Gasteiger partial charge in [-0.05, 0) is 57.9 Å². The zero-order valence-corrected chi connectivity index (χ0v) is 21.8. The van der Waals surface area contributed by atoms with Gasteiger partial charge in [-0.3, -0.25) is 4.79 Å². The average Bonchev–Trinajstić information content (AvgIpc) is 3.00. The quantitative estimate of drug-likeness (QED) is 0.128. The van der Waals surface area contributed by atoms with Gasteiger partial charge in [-0.1, -0.05) is 109 Å². The lowest BCUT2D eigenvalue weighted by molar-refractivity contribution is 0.102. The van der Waals surface area contributed by atoms with E-state index in [-0.39, 0.29) is 5.78 Å². The van der Waals surface area contributed by atoms with Gasteiger partial charge in [0, 0.05) is 16.3 Å². The highest BCUT2D eigenvalue weighted by Crippen LogP contribution is 2.57. The molecule has 0 amide bonds. The molecule has 0 N–H and O–H groups in total. The Hall–Kier alpha value is -4.32. The molecule has 0 aliphatic carbocycles. The van der Waals surface area contributed by atoms with E-state index in [9.17, 15) is 4.79 Å². The molecule has 0 bridgehead atoms. The van der Waals surface area contributed by atoms with Crippen molar-refractivity contribution in [1.82, 2.24) is 0 Å². The molecule has 7 aromatic carbocycles. The molecule has 2 heteroatoms. The second-order valence-electron chi connectivity index (χ2n) is 9.87. The van der Waals surface area contributed by atoms with Gasteiger partial charge >= 0.3 is 0 Å². The van der Waals surface area contributed by atoms with Crippen LogP contribution in [-0.2, 0) is 0 Å². The standard InChI is InChI=1S/C36H26OP/c37-33(26-11-4-1-5-12-26)25-38(30-15-6-2-7-16-30,31-17-8-3-9-18-31)34-24-22-29-20-19-27-13-10-14-28-21-23-32(34)36(29)35(27)28/h1-24H,25H2/q+1. The molecule has 0 unspecified atom stereocenters. The van der Waals surface area contributed by atoms with Gasteiger partial charge in [-0.2, -0.15) is 0 Å². The van der Waals surface area contributed by atoms with Crippen molar-refractivity contribution in [2.75, 3.05) is 6.16 Å². The minimum Gasteiger partial charge on any atom is -0.290 e. The van der Waals surface area contributed by atoms with Crippen LogP contribution in [0.1, 0.15) is 10.4 Å². The van der Waals surface area contributed by atoms with E-state index in [4.69, 9.17) is 0 Å². The highest BCUT2D eigenvalue weighted by Gasteiger charge is 2.48. The molecule has 0 aromatic heterocycles. The van der Waals surface area contributed by atoms with E-state index < -0.39 is 7.26 Å². The van der Waals surface area contributed by atoms with Crippen LogP contribution < -0.4 is 15.9 Å². The van der Waals surface area contributed by atoms with E-state index in [0.29, 0.717) is 6.16 Å². The Morgan fingerprint density at radius 2 is 0.974 bits per heavy atom. The Labute approximate surface area is 223 Å². The molecular formula is C36H26OP+. The molecule has 180 valence electrons. The van der Waals surface area contributed by atoms with Gasteiger partial charge in [0.25, 0.3) is 0 Å². The Bertz CT molecular complexity index is 1840. The third kappa shape index (κ3) is 3.55. The van der Waals surface area contributed by atoms with Gasteiger partial charge in [0.05, 0.1) is 0 Å². The molecule has 0 saturated carbocycles. The zero-order chi connectivity index (χ0) is 25.5. The van der Waals surface area contributed by atoms with E-state index in [2.05, 4.69) is 115 Å². The first-order valence-electron chi connectivity index (χ1n) is 13.0. The van der Waals surface area contributed by atoms with Crippen LogP contribution in [0.3, 0.4) is 0 Å². The Morgan fingerprint density at radius 3 is 1.58 bits per heavy atom.